The number of nitrogens with one attached hydrogen (secondary N) is 2. The van der Waals surface area contributed by atoms with Crippen LogP contribution in [0.4, 0.5) is 0 Å². The summed E-state index contributed by atoms with van der Waals surface area (Å²) in [6.07, 6.45) is 0. The van der Waals surface area contributed by atoms with Crippen LogP contribution in [-0.4, -0.2) is 37.1 Å². The Morgan fingerprint density at radius 1 is 1.08 bits per heavy atom. The molecular formula is C8H14N2O3. The van der Waals surface area contributed by atoms with E-state index in [9.17, 15) is 9.59 Å². The molecule has 0 aromatic heterocycles. The van der Waals surface area contributed by atoms with Crippen molar-refractivity contribution in [3.63, 3.8) is 0 Å². The smallest absolute Gasteiger partial charge is 0.217 e. The molecule has 0 unspecified atom stereocenters. The minimum atomic E-state index is -0.106. The van der Waals surface area contributed by atoms with E-state index in [4.69, 9.17) is 4.74 Å². The summed E-state index contributed by atoms with van der Waals surface area (Å²) in [4.78, 5) is 21.5. The van der Waals surface area contributed by atoms with Gasteiger partial charge in [-0.1, -0.05) is 0 Å². The fraction of sp³-hybridized carbons (Fsp3) is 0.750. The van der Waals surface area contributed by atoms with Crippen molar-refractivity contribution in [1.82, 2.24) is 10.6 Å². The Balaban J connectivity index is 2.43. The highest BCUT2D eigenvalue weighted by atomic mass is 16.5. The van der Waals surface area contributed by atoms with E-state index in [2.05, 4.69) is 10.6 Å². The highest BCUT2D eigenvalue weighted by Crippen LogP contribution is 2.05. The predicted octanol–water partition coefficient (Wildman–Crippen LogP) is -0.974. The highest BCUT2D eigenvalue weighted by Gasteiger charge is 2.29. The van der Waals surface area contributed by atoms with Crippen molar-refractivity contribution in [2.45, 2.75) is 25.9 Å². The number of rotatable bonds is 2. The van der Waals surface area contributed by atoms with Gasteiger partial charge in [-0.25, -0.2) is 0 Å². The molecule has 2 amide bonds. The molecule has 13 heavy (non-hydrogen) atoms. The van der Waals surface area contributed by atoms with Gasteiger partial charge in [0.05, 0.1) is 25.3 Å². The van der Waals surface area contributed by atoms with Crippen LogP contribution in [0, 0.1) is 0 Å². The first kappa shape index (κ1) is 9.98. The van der Waals surface area contributed by atoms with Crippen molar-refractivity contribution < 1.29 is 14.3 Å². The first-order valence-corrected chi connectivity index (χ1v) is 4.21. The molecule has 1 aliphatic rings. The first-order valence-electron chi connectivity index (χ1n) is 4.21. The summed E-state index contributed by atoms with van der Waals surface area (Å²) in [5, 5.41) is 5.44. The van der Waals surface area contributed by atoms with E-state index >= 15 is 0 Å². The summed E-state index contributed by atoms with van der Waals surface area (Å²) in [6, 6.07) is -0.192. The van der Waals surface area contributed by atoms with Gasteiger partial charge >= 0.3 is 0 Å². The number of ether oxygens (including phenoxy) is 1. The maximum absolute atomic E-state index is 10.8. The SMILES string of the molecule is CC(=O)N[C@H]1COC[C@H]1NC(C)=O. The number of amides is 2. The van der Waals surface area contributed by atoms with Gasteiger partial charge < -0.3 is 15.4 Å². The third-order valence-electron chi connectivity index (χ3n) is 1.86. The molecule has 0 aliphatic carbocycles. The molecule has 0 saturated carbocycles. The van der Waals surface area contributed by atoms with Crippen LogP contribution in [0.15, 0.2) is 0 Å². The minimum absolute atomic E-state index is 0.0959. The van der Waals surface area contributed by atoms with Crippen LogP contribution in [0.1, 0.15) is 13.8 Å². The molecule has 5 heteroatoms. The van der Waals surface area contributed by atoms with E-state index in [0.29, 0.717) is 13.2 Å². The Hall–Kier alpha value is -1.10. The summed E-state index contributed by atoms with van der Waals surface area (Å²) in [7, 11) is 0. The summed E-state index contributed by atoms with van der Waals surface area (Å²) in [5.41, 5.74) is 0. The Bertz CT molecular complexity index is 195. The van der Waals surface area contributed by atoms with Gasteiger partial charge in [-0.05, 0) is 0 Å². The second-order valence-electron chi connectivity index (χ2n) is 3.15. The standard InChI is InChI=1S/C8H14N2O3/c1-5(11)9-7-3-13-4-8(7)10-6(2)12/h7-8H,3-4H2,1-2H3,(H,9,11)(H,10,12)/t7-,8+. The molecule has 0 aromatic rings. The average molecular weight is 186 g/mol. The van der Waals surface area contributed by atoms with Crippen molar-refractivity contribution in [2.24, 2.45) is 0 Å². The Morgan fingerprint density at radius 2 is 1.46 bits per heavy atom. The summed E-state index contributed by atoms with van der Waals surface area (Å²) < 4.78 is 5.14. The molecule has 0 spiro atoms. The molecule has 1 aliphatic heterocycles. The molecule has 5 nitrogen and oxygen atoms in total. The molecule has 1 fully saturated rings. The Labute approximate surface area is 76.8 Å². The van der Waals surface area contributed by atoms with Crippen molar-refractivity contribution in [2.75, 3.05) is 13.2 Å². The summed E-state index contributed by atoms with van der Waals surface area (Å²) >= 11 is 0. The lowest BCUT2D eigenvalue weighted by molar-refractivity contribution is -0.122. The number of hydrogen-bond donors (Lipinski definition) is 2. The van der Waals surface area contributed by atoms with Crippen LogP contribution < -0.4 is 10.6 Å². The van der Waals surface area contributed by atoms with Gasteiger partial charge in [-0.15, -0.1) is 0 Å². The van der Waals surface area contributed by atoms with E-state index in [-0.39, 0.29) is 23.9 Å². The van der Waals surface area contributed by atoms with Gasteiger partial charge in [0, 0.05) is 13.8 Å². The lowest BCUT2D eigenvalue weighted by Crippen LogP contribution is -2.49. The number of hydrogen-bond acceptors (Lipinski definition) is 3. The average Bonchev–Trinajstić information content (AvgIpc) is 2.34. The Kier molecular flexibility index (Phi) is 3.25. The van der Waals surface area contributed by atoms with Crippen LogP contribution in [0.3, 0.4) is 0 Å². The monoisotopic (exact) mass is 186 g/mol. The molecule has 1 rings (SSSR count). The van der Waals surface area contributed by atoms with Crippen LogP contribution in [0.5, 0.6) is 0 Å². The molecule has 0 aromatic carbocycles. The van der Waals surface area contributed by atoms with Crippen molar-refractivity contribution in [3.8, 4) is 0 Å². The number of carbonyl (C=O) groups is 2. The fourth-order valence-corrected chi connectivity index (χ4v) is 1.36. The molecule has 1 heterocycles. The molecular weight excluding hydrogens is 172 g/mol. The van der Waals surface area contributed by atoms with Crippen LogP contribution in [-0.2, 0) is 14.3 Å². The topological polar surface area (TPSA) is 67.4 Å². The Morgan fingerprint density at radius 3 is 1.77 bits per heavy atom. The fourth-order valence-electron chi connectivity index (χ4n) is 1.36. The van der Waals surface area contributed by atoms with Gasteiger partial charge in [-0.3, -0.25) is 9.59 Å². The van der Waals surface area contributed by atoms with Crippen molar-refractivity contribution in [1.29, 1.82) is 0 Å². The maximum Gasteiger partial charge on any atom is 0.217 e. The number of carbonyl (C=O) groups excluding carboxylic acids is 2. The zero-order valence-corrected chi connectivity index (χ0v) is 7.79. The third-order valence-corrected chi connectivity index (χ3v) is 1.86. The molecule has 74 valence electrons. The van der Waals surface area contributed by atoms with Gasteiger partial charge in [0.25, 0.3) is 0 Å². The first-order chi connectivity index (χ1) is 6.09. The van der Waals surface area contributed by atoms with E-state index in [0.717, 1.165) is 0 Å². The van der Waals surface area contributed by atoms with E-state index in [1.807, 2.05) is 0 Å². The molecule has 0 radical (unpaired) electrons. The molecule has 2 atom stereocenters. The van der Waals surface area contributed by atoms with Crippen LogP contribution >= 0.6 is 0 Å². The van der Waals surface area contributed by atoms with Gasteiger partial charge in [-0.2, -0.15) is 0 Å². The zero-order chi connectivity index (χ0) is 9.84. The van der Waals surface area contributed by atoms with E-state index in [1.165, 1.54) is 13.8 Å². The lowest BCUT2D eigenvalue weighted by Gasteiger charge is -2.18. The van der Waals surface area contributed by atoms with E-state index < -0.39 is 0 Å². The molecule has 2 N–H and O–H groups in total. The van der Waals surface area contributed by atoms with Crippen LogP contribution in [0.2, 0.25) is 0 Å². The summed E-state index contributed by atoms with van der Waals surface area (Å²) in [5.74, 6) is -0.211. The maximum atomic E-state index is 10.8. The summed E-state index contributed by atoms with van der Waals surface area (Å²) in [6.45, 7) is 3.82. The largest absolute Gasteiger partial charge is 0.377 e. The van der Waals surface area contributed by atoms with Gasteiger partial charge in [0.2, 0.25) is 11.8 Å². The molecule has 0 bridgehead atoms. The highest BCUT2D eigenvalue weighted by molar-refractivity contribution is 5.75. The van der Waals surface area contributed by atoms with Gasteiger partial charge in [0.1, 0.15) is 0 Å². The molecule has 1 saturated heterocycles. The van der Waals surface area contributed by atoms with Gasteiger partial charge in [0.15, 0.2) is 0 Å². The van der Waals surface area contributed by atoms with Crippen molar-refractivity contribution >= 4 is 11.8 Å². The van der Waals surface area contributed by atoms with Crippen molar-refractivity contribution in [3.05, 3.63) is 0 Å². The quantitative estimate of drug-likeness (QED) is 0.583. The lowest BCUT2D eigenvalue weighted by atomic mass is 10.1. The second-order valence-corrected chi connectivity index (χ2v) is 3.15. The predicted molar refractivity (Wildman–Crippen MR) is 46.0 cm³/mol. The van der Waals surface area contributed by atoms with Crippen LogP contribution in [0.25, 0.3) is 0 Å². The minimum Gasteiger partial charge on any atom is -0.377 e. The second kappa shape index (κ2) is 4.23. The van der Waals surface area contributed by atoms with E-state index in [1.54, 1.807) is 0 Å². The third kappa shape index (κ3) is 3.02. The normalized spacial score (nSPS) is 26.9. The zero-order valence-electron chi connectivity index (χ0n) is 7.79.